The Morgan fingerprint density at radius 2 is 1.96 bits per heavy atom. The van der Waals surface area contributed by atoms with Crippen molar-refractivity contribution in [3.8, 4) is 0 Å². The van der Waals surface area contributed by atoms with Crippen molar-refractivity contribution >= 4 is 5.97 Å². The molecule has 5 rings (SSSR count). The molecule has 5 fully saturated rings. The number of methoxy groups -OCH3 is 1. The molecular weight excluding hydrogens is 352 g/mol. The molecule has 0 aromatic heterocycles. The zero-order valence-electron chi connectivity index (χ0n) is 16.8. The number of carbonyl (C=O) groups is 1. The normalized spacial score (nSPS) is 48.6. The zero-order chi connectivity index (χ0) is 19.2. The van der Waals surface area contributed by atoms with Gasteiger partial charge in [-0.25, -0.2) is 9.78 Å². The lowest BCUT2D eigenvalue weighted by Crippen LogP contribution is -2.70. The van der Waals surface area contributed by atoms with Crippen molar-refractivity contribution < 1.29 is 33.5 Å². The largest absolute Gasteiger partial charge is 0.469 e. The van der Waals surface area contributed by atoms with Gasteiger partial charge in [-0.3, -0.25) is 4.79 Å². The fourth-order valence-corrected chi connectivity index (χ4v) is 5.58. The number of hydrogen-bond acceptors (Lipinski definition) is 7. The lowest BCUT2D eigenvalue weighted by atomic mass is 9.58. The van der Waals surface area contributed by atoms with Crippen molar-refractivity contribution in [3.63, 3.8) is 0 Å². The van der Waals surface area contributed by atoms with Crippen molar-refractivity contribution in [1.82, 2.24) is 0 Å². The summed E-state index contributed by atoms with van der Waals surface area (Å²) < 4.78 is 23.3. The van der Waals surface area contributed by atoms with Gasteiger partial charge in [0.05, 0.1) is 13.7 Å². The average molecular weight is 384 g/mol. The molecule has 0 aromatic carbocycles. The van der Waals surface area contributed by atoms with Gasteiger partial charge >= 0.3 is 5.97 Å². The number of esters is 1. The first-order chi connectivity index (χ1) is 12.9. The van der Waals surface area contributed by atoms with Crippen LogP contribution in [0.25, 0.3) is 0 Å². The molecular formula is C20H32O7. The maximum atomic E-state index is 11.3. The van der Waals surface area contributed by atoms with E-state index >= 15 is 0 Å². The summed E-state index contributed by atoms with van der Waals surface area (Å²) in [5.74, 6) is 0.322. The number of hydrogen-bond donors (Lipinski definition) is 0. The molecule has 0 amide bonds. The predicted molar refractivity (Wildman–Crippen MR) is 94.0 cm³/mol. The van der Waals surface area contributed by atoms with Crippen LogP contribution in [0.2, 0.25) is 0 Å². The van der Waals surface area contributed by atoms with Gasteiger partial charge in [0.15, 0.2) is 18.2 Å². The van der Waals surface area contributed by atoms with Crippen LogP contribution < -0.4 is 0 Å². The lowest BCUT2D eigenvalue weighted by Gasteiger charge is -2.60. The summed E-state index contributed by atoms with van der Waals surface area (Å²) in [4.78, 5) is 23.2. The Morgan fingerprint density at radius 1 is 1.15 bits per heavy atom. The Balaban J connectivity index is 1.51. The lowest BCUT2D eigenvalue weighted by molar-refractivity contribution is -0.577. The van der Waals surface area contributed by atoms with E-state index in [1.165, 1.54) is 13.5 Å². The second-order valence-corrected chi connectivity index (χ2v) is 8.82. The average Bonchev–Trinajstić information content (AvgIpc) is 2.88. The van der Waals surface area contributed by atoms with Gasteiger partial charge in [0.1, 0.15) is 0 Å². The van der Waals surface area contributed by atoms with E-state index in [0.717, 1.165) is 19.3 Å². The molecule has 0 N–H and O–H groups in total. The van der Waals surface area contributed by atoms with Crippen LogP contribution in [0, 0.1) is 23.7 Å². The van der Waals surface area contributed by atoms with E-state index in [0.29, 0.717) is 31.3 Å². The maximum Gasteiger partial charge on any atom is 0.305 e. The molecule has 4 heterocycles. The molecule has 0 aromatic rings. The first kappa shape index (κ1) is 19.6. The molecule has 1 saturated carbocycles. The van der Waals surface area contributed by atoms with Crippen LogP contribution in [-0.2, 0) is 33.5 Å². The molecule has 27 heavy (non-hydrogen) atoms. The van der Waals surface area contributed by atoms with Crippen molar-refractivity contribution in [2.24, 2.45) is 23.7 Å². The van der Waals surface area contributed by atoms with E-state index in [-0.39, 0.29) is 24.1 Å². The number of carbonyl (C=O) groups excluding carboxylic acids is 1. The van der Waals surface area contributed by atoms with E-state index < -0.39 is 17.7 Å². The minimum absolute atomic E-state index is 0.157. The summed E-state index contributed by atoms with van der Waals surface area (Å²) >= 11 is 0. The van der Waals surface area contributed by atoms with E-state index in [1.54, 1.807) is 0 Å². The summed E-state index contributed by atoms with van der Waals surface area (Å²) in [7, 11) is 1.40. The Morgan fingerprint density at radius 3 is 2.74 bits per heavy atom. The summed E-state index contributed by atoms with van der Waals surface area (Å²) in [6.07, 6.45) is 4.13. The summed E-state index contributed by atoms with van der Waals surface area (Å²) in [5.41, 5.74) is -0.557. The SMILES string of the molecule is COC(=O)CCCO[C@H]1O[C@@H]2O[C@]3(C)CC[C@H]4[C@H](C)CC[C@@H]([C@H]1C)[C@@]24OO3. The second-order valence-electron chi connectivity index (χ2n) is 8.82. The highest BCUT2D eigenvalue weighted by molar-refractivity contribution is 5.68. The third-order valence-electron chi connectivity index (χ3n) is 7.13. The molecule has 1 aliphatic carbocycles. The molecule has 4 aliphatic heterocycles. The first-order valence-electron chi connectivity index (χ1n) is 10.3. The summed E-state index contributed by atoms with van der Waals surface area (Å²) in [5, 5.41) is 0. The standard InChI is InChI=1S/C20H32O7/c1-12-7-8-15-13(2)17(23-11-5-6-16(21)22-4)24-18-20(15)14(12)9-10-19(3,25-18)26-27-20/h12-15,17-18H,5-11H2,1-4H3/t12-,13-,14+,15+,17+,18-,19+,20-/m1/s1. The minimum atomic E-state index is -0.770. The smallest absolute Gasteiger partial charge is 0.305 e. The Labute approximate surface area is 160 Å². The van der Waals surface area contributed by atoms with Gasteiger partial charge in [-0.2, -0.15) is 0 Å². The summed E-state index contributed by atoms with van der Waals surface area (Å²) in [6, 6.07) is 0. The molecule has 0 radical (unpaired) electrons. The van der Waals surface area contributed by atoms with Crippen LogP contribution in [-0.4, -0.2) is 43.7 Å². The number of fused-ring (bicyclic) bond motifs is 2. The van der Waals surface area contributed by atoms with Crippen molar-refractivity contribution in [3.05, 3.63) is 0 Å². The van der Waals surface area contributed by atoms with Gasteiger partial charge < -0.3 is 18.9 Å². The Bertz CT molecular complexity index is 569. The van der Waals surface area contributed by atoms with Crippen LogP contribution in [0.5, 0.6) is 0 Å². The van der Waals surface area contributed by atoms with Gasteiger partial charge in [0.25, 0.3) is 0 Å². The van der Waals surface area contributed by atoms with Crippen molar-refractivity contribution in [2.45, 2.75) is 83.3 Å². The van der Waals surface area contributed by atoms with Gasteiger partial charge in [-0.05, 0) is 44.4 Å². The molecule has 1 spiro atoms. The second kappa shape index (κ2) is 7.26. The predicted octanol–water partition coefficient (Wildman–Crippen LogP) is 3.16. The van der Waals surface area contributed by atoms with Gasteiger partial charge in [-0.1, -0.05) is 13.8 Å². The van der Waals surface area contributed by atoms with Crippen LogP contribution in [0.3, 0.4) is 0 Å². The molecule has 8 atom stereocenters. The number of ether oxygens (including phenoxy) is 4. The molecule has 2 bridgehead atoms. The van der Waals surface area contributed by atoms with Crippen LogP contribution in [0.15, 0.2) is 0 Å². The Kier molecular flexibility index (Phi) is 5.27. The van der Waals surface area contributed by atoms with Crippen LogP contribution >= 0.6 is 0 Å². The molecule has 5 aliphatic rings. The maximum absolute atomic E-state index is 11.3. The highest BCUT2D eigenvalue weighted by Crippen LogP contribution is 2.60. The van der Waals surface area contributed by atoms with Crippen LogP contribution in [0.1, 0.15) is 59.3 Å². The molecule has 4 saturated heterocycles. The third-order valence-corrected chi connectivity index (χ3v) is 7.13. The van der Waals surface area contributed by atoms with Gasteiger partial charge in [0.2, 0.25) is 5.79 Å². The molecule has 7 nitrogen and oxygen atoms in total. The van der Waals surface area contributed by atoms with Crippen LogP contribution in [0.4, 0.5) is 0 Å². The summed E-state index contributed by atoms with van der Waals surface area (Å²) in [6.45, 7) is 6.84. The quantitative estimate of drug-likeness (QED) is 0.409. The molecule has 7 heteroatoms. The fourth-order valence-electron chi connectivity index (χ4n) is 5.58. The highest BCUT2D eigenvalue weighted by Gasteiger charge is 2.69. The Hall–Kier alpha value is -0.730. The van der Waals surface area contributed by atoms with E-state index in [2.05, 4.69) is 18.6 Å². The van der Waals surface area contributed by atoms with Gasteiger partial charge in [-0.15, -0.1) is 0 Å². The minimum Gasteiger partial charge on any atom is -0.469 e. The molecule has 154 valence electrons. The first-order valence-corrected chi connectivity index (χ1v) is 10.3. The van der Waals surface area contributed by atoms with E-state index in [4.69, 9.17) is 24.0 Å². The monoisotopic (exact) mass is 384 g/mol. The van der Waals surface area contributed by atoms with Gasteiger partial charge in [0, 0.05) is 24.7 Å². The highest BCUT2D eigenvalue weighted by atomic mass is 17.3. The number of rotatable bonds is 5. The van der Waals surface area contributed by atoms with E-state index in [9.17, 15) is 4.79 Å². The molecule has 0 unspecified atom stereocenters. The van der Waals surface area contributed by atoms with E-state index in [1.807, 2.05) is 6.92 Å². The topological polar surface area (TPSA) is 72.5 Å². The zero-order valence-corrected chi connectivity index (χ0v) is 16.8. The van der Waals surface area contributed by atoms with Crippen molar-refractivity contribution in [1.29, 1.82) is 0 Å². The third kappa shape index (κ3) is 3.21. The fraction of sp³-hybridized carbons (Fsp3) is 0.950. The van der Waals surface area contributed by atoms with Crippen molar-refractivity contribution in [2.75, 3.05) is 13.7 Å².